The van der Waals surface area contributed by atoms with Crippen molar-refractivity contribution in [1.29, 1.82) is 0 Å². The molecule has 0 bridgehead atoms. The van der Waals surface area contributed by atoms with Crippen LogP contribution in [0.5, 0.6) is 0 Å². The Balaban J connectivity index is 1.80. The van der Waals surface area contributed by atoms with E-state index in [1.165, 1.54) is 48.5 Å². The number of halogens is 3. The highest BCUT2D eigenvalue weighted by Crippen LogP contribution is 2.30. The van der Waals surface area contributed by atoms with Crippen molar-refractivity contribution in [2.75, 3.05) is 12.4 Å². The summed E-state index contributed by atoms with van der Waals surface area (Å²) < 4.78 is 64.7. The van der Waals surface area contributed by atoms with Crippen LogP contribution in [0.4, 0.5) is 13.2 Å². The molecule has 0 fully saturated rings. The second-order valence-corrected chi connectivity index (χ2v) is 9.91. The summed E-state index contributed by atoms with van der Waals surface area (Å²) in [4.78, 5) is 25.7. The third kappa shape index (κ3) is 6.17. The second kappa shape index (κ2) is 10.4. The van der Waals surface area contributed by atoms with Gasteiger partial charge in [0.1, 0.15) is 5.56 Å². The number of hydrogen-bond donors (Lipinski definition) is 2. The fraction of sp³-hybridized carbons (Fsp3) is 0.250. The number of alkyl halides is 3. The number of carbonyl (C=O) groups excluding carboxylic acids is 1. The molecule has 1 aromatic heterocycles. The Kier molecular flexibility index (Phi) is 7.81. The summed E-state index contributed by atoms with van der Waals surface area (Å²) in [5, 5.41) is 11.4. The van der Waals surface area contributed by atoms with Gasteiger partial charge in [0, 0.05) is 24.5 Å². The third-order valence-corrected chi connectivity index (χ3v) is 7.08. The zero-order valence-corrected chi connectivity index (χ0v) is 19.5. The zero-order chi connectivity index (χ0) is 25.8. The van der Waals surface area contributed by atoms with Gasteiger partial charge in [0.05, 0.1) is 16.2 Å². The fourth-order valence-corrected chi connectivity index (χ4v) is 4.71. The van der Waals surface area contributed by atoms with Crippen molar-refractivity contribution >= 4 is 15.7 Å². The van der Waals surface area contributed by atoms with Crippen LogP contribution in [0.2, 0.25) is 0 Å². The van der Waals surface area contributed by atoms with E-state index in [1.807, 2.05) is 0 Å². The number of aromatic nitrogens is 1. The molecule has 0 aliphatic carbocycles. The molecule has 0 aliphatic heterocycles. The minimum atomic E-state index is -4.59. The average molecular weight is 509 g/mol. The standard InChI is InChI=1S/C24H23F3N2O5S/c1-16-6-11-21(23(32)29(16)19-5-2-4-18(14-19)24(25,26)27)22(31)28-15-17-7-9-20(10-8-17)35(33,34)13-3-12-30/h2,4-11,14,30H,3,12-13,15H2,1H3,(H,28,31). The molecule has 0 spiro atoms. The van der Waals surface area contributed by atoms with Gasteiger partial charge in [0.15, 0.2) is 9.84 Å². The molecule has 0 atom stereocenters. The first kappa shape index (κ1) is 26.2. The number of sulfone groups is 1. The van der Waals surface area contributed by atoms with Crippen molar-refractivity contribution in [3.05, 3.63) is 93.4 Å². The average Bonchev–Trinajstić information content (AvgIpc) is 2.81. The number of nitrogens with one attached hydrogen (secondary N) is 1. The van der Waals surface area contributed by atoms with Gasteiger partial charge in [-0.2, -0.15) is 13.2 Å². The second-order valence-electron chi connectivity index (χ2n) is 7.80. The van der Waals surface area contributed by atoms with E-state index in [9.17, 15) is 31.2 Å². The quantitative estimate of drug-likeness (QED) is 0.486. The van der Waals surface area contributed by atoms with Crippen LogP contribution in [-0.4, -0.2) is 36.4 Å². The maximum atomic E-state index is 13.1. The molecule has 0 aliphatic rings. The molecule has 0 radical (unpaired) electrons. The first-order chi connectivity index (χ1) is 16.4. The minimum absolute atomic E-state index is 0.00727. The Morgan fingerprint density at radius 2 is 1.74 bits per heavy atom. The summed E-state index contributed by atoms with van der Waals surface area (Å²) in [6.07, 6.45) is -4.47. The van der Waals surface area contributed by atoms with Gasteiger partial charge in [0.2, 0.25) is 0 Å². The molecule has 7 nitrogen and oxygen atoms in total. The summed E-state index contributed by atoms with van der Waals surface area (Å²) in [7, 11) is -3.53. The van der Waals surface area contributed by atoms with E-state index in [-0.39, 0.29) is 41.5 Å². The maximum absolute atomic E-state index is 13.1. The van der Waals surface area contributed by atoms with Gasteiger partial charge >= 0.3 is 6.18 Å². The van der Waals surface area contributed by atoms with Crippen LogP contribution in [0.15, 0.2) is 70.4 Å². The predicted molar refractivity (Wildman–Crippen MR) is 123 cm³/mol. The number of nitrogens with zero attached hydrogens (tertiary/aromatic N) is 1. The van der Waals surface area contributed by atoms with Crippen LogP contribution in [0.3, 0.4) is 0 Å². The topological polar surface area (TPSA) is 105 Å². The van der Waals surface area contributed by atoms with Gasteiger partial charge in [-0.1, -0.05) is 18.2 Å². The van der Waals surface area contributed by atoms with Gasteiger partial charge < -0.3 is 10.4 Å². The van der Waals surface area contributed by atoms with E-state index in [0.29, 0.717) is 11.3 Å². The number of aryl methyl sites for hydroxylation is 1. The lowest BCUT2D eigenvalue weighted by atomic mass is 10.1. The number of aliphatic hydroxyl groups excluding tert-OH is 1. The molecule has 3 rings (SSSR count). The third-order valence-electron chi connectivity index (χ3n) is 5.26. The zero-order valence-electron chi connectivity index (χ0n) is 18.7. The van der Waals surface area contributed by atoms with E-state index >= 15 is 0 Å². The van der Waals surface area contributed by atoms with Crippen LogP contribution in [0.25, 0.3) is 5.69 Å². The van der Waals surface area contributed by atoms with Crippen LogP contribution in [-0.2, 0) is 22.6 Å². The van der Waals surface area contributed by atoms with Crippen LogP contribution in [0.1, 0.15) is 33.6 Å². The number of hydrogen-bond acceptors (Lipinski definition) is 5. The highest BCUT2D eigenvalue weighted by atomic mass is 32.2. The Labute approximate surface area is 199 Å². The molecule has 2 aromatic carbocycles. The maximum Gasteiger partial charge on any atom is 0.416 e. The lowest BCUT2D eigenvalue weighted by molar-refractivity contribution is -0.137. The Hall–Kier alpha value is -3.44. The molecule has 0 saturated heterocycles. The van der Waals surface area contributed by atoms with Crippen molar-refractivity contribution in [3.8, 4) is 5.69 Å². The van der Waals surface area contributed by atoms with Gasteiger partial charge in [-0.3, -0.25) is 14.2 Å². The molecular formula is C24H23F3N2O5S. The molecule has 2 N–H and O–H groups in total. The lowest BCUT2D eigenvalue weighted by Gasteiger charge is -2.14. The Morgan fingerprint density at radius 1 is 1.06 bits per heavy atom. The normalized spacial score (nSPS) is 11.9. The van der Waals surface area contributed by atoms with E-state index in [1.54, 1.807) is 6.92 Å². The van der Waals surface area contributed by atoms with E-state index in [4.69, 9.17) is 5.11 Å². The van der Waals surface area contributed by atoms with Gasteiger partial charge in [-0.15, -0.1) is 0 Å². The smallest absolute Gasteiger partial charge is 0.396 e. The van der Waals surface area contributed by atoms with Crippen LogP contribution < -0.4 is 10.9 Å². The van der Waals surface area contributed by atoms with Crippen molar-refractivity contribution in [3.63, 3.8) is 0 Å². The number of amides is 1. The minimum Gasteiger partial charge on any atom is -0.396 e. The number of carbonyl (C=O) groups is 1. The number of rotatable bonds is 8. The van der Waals surface area contributed by atoms with Gasteiger partial charge in [-0.05, 0) is 61.4 Å². The first-order valence-electron chi connectivity index (χ1n) is 10.5. The molecule has 0 unspecified atom stereocenters. The highest BCUT2D eigenvalue weighted by Gasteiger charge is 2.30. The van der Waals surface area contributed by atoms with Crippen molar-refractivity contribution in [1.82, 2.24) is 9.88 Å². The molecule has 0 saturated carbocycles. The number of pyridine rings is 1. The van der Waals surface area contributed by atoms with E-state index < -0.39 is 33.0 Å². The molecule has 1 amide bonds. The summed E-state index contributed by atoms with van der Waals surface area (Å²) >= 11 is 0. The monoisotopic (exact) mass is 508 g/mol. The Bertz CT molecular complexity index is 1380. The predicted octanol–water partition coefficient (Wildman–Crippen LogP) is 3.25. The van der Waals surface area contributed by atoms with Crippen LogP contribution >= 0.6 is 0 Å². The summed E-state index contributed by atoms with van der Waals surface area (Å²) in [6, 6.07) is 12.8. The summed E-state index contributed by atoms with van der Waals surface area (Å²) in [5.41, 5.74) is -1.04. The van der Waals surface area contributed by atoms with Crippen molar-refractivity contribution in [2.45, 2.75) is 31.0 Å². The molecular weight excluding hydrogens is 485 g/mol. The van der Waals surface area contributed by atoms with Crippen molar-refractivity contribution in [2.24, 2.45) is 0 Å². The summed E-state index contributed by atoms with van der Waals surface area (Å²) in [6.45, 7) is 1.30. The molecule has 186 valence electrons. The fourth-order valence-electron chi connectivity index (χ4n) is 3.41. The largest absolute Gasteiger partial charge is 0.416 e. The SMILES string of the molecule is Cc1ccc(C(=O)NCc2ccc(S(=O)(=O)CCCO)cc2)c(=O)n1-c1cccc(C(F)(F)F)c1. The van der Waals surface area contributed by atoms with Gasteiger partial charge in [-0.25, -0.2) is 8.42 Å². The Morgan fingerprint density at radius 3 is 2.37 bits per heavy atom. The van der Waals surface area contributed by atoms with Crippen LogP contribution in [0, 0.1) is 6.92 Å². The molecule has 11 heteroatoms. The first-order valence-corrected chi connectivity index (χ1v) is 12.2. The molecule has 3 aromatic rings. The van der Waals surface area contributed by atoms with Crippen molar-refractivity contribution < 1.29 is 31.5 Å². The molecule has 1 heterocycles. The lowest BCUT2D eigenvalue weighted by Crippen LogP contribution is -2.33. The van der Waals surface area contributed by atoms with E-state index in [0.717, 1.165) is 16.7 Å². The van der Waals surface area contributed by atoms with E-state index in [2.05, 4.69) is 5.32 Å². The van der Waals surface area contributed by atoms with Gasteiger partial charge in [0.25, 0.3) is 11.5 Å². The number of benzene rings is 2. The highest BCUT2D eigenvalue weighted by molar-refractivity contribution is 7.91. The summed E-state index contributed by atoms with van der Waals surface area (Å²) in [5.74, 6) is -0.916. The number of aliphatic hydroxyl groups is 1. The molecule has 35 heavy (non-hydrogen) atoms.